The fourth-order valence-electron chi connectivity index (χ4n) is 2.41. The quantitative estimate of drug-likeness (QED) is 0.399. The molecule has 0 spiro atoms. The topological polar surface area (TPSA) is 67.4 Å². The van der Waals surface area contributed by atoms with Crippen molar-refractivity contribution in [1.29, 1.82) is 0 Å². The molecular weight excluding hydrogens is 308 g/mol. The van der Waals surface area contributed by atoms with Gasteiger partial charge in [-0.25, -0.2) is 0 Å². The monoisotopic (exact) mass is 336 g/mol. The highest BCUT2D eigenvalue weighted by Crippen LogP contribution is 2.32. The van der Waals surface area contributed by atoms with E-state index in [9.17, 15) is 0 Å². The number of nitrogens with one attached hydrogen (secondary N) is 2. The summed E-state index contributed by atoms with van der Waals surface area (Å²) in [7, 11) is 5.62. The predicted molar refractivity (Wildman–Crippen MR) is 94.8 cm³/mol. The summed E-state index contributed by atoms with van der Waals surface area (Å²) >= 11 is 0. The summed E-state index contributed by atoms with van der Waals surface area (Å²) in [6, 6.07) is 5.95. The number of fused-ring (bicyclic) bond motifs is 1. The van der Waals surface area contributed by atoms with Crippen molar-refractivity contribution in [3.63, 3.8) is 0 Å². The van der Waals surface area contributed by atoms with Gasteiger partial charge in [-0.2, -0.15) is 0 Å². The summed E-state index contributed by atoms with van der Waals surface area (Å²) in [5.41, 5.74) is 1.12. The molecule has 1 aromatic carbocycles. The van der Waals surface area contributed by atoms with Crippen LogP contribution >= 0.6 is 0 Å². The highest BCUT2D eigenvalue weighted by Gasteiger charge is 2.13. The lowest BCUT2D eigenvalue weighted by Gasteiger charge is -2.18. The minimum Gasteiger partial charge on any atom is -0.454 e. The SMILES string of the molecule is CN=C(NCCN(C)CCCOC)NCc1ccc2c(c1)OCO2. The smallest absolute Gasteiger partial charge is 0.231 e. The van der Waals surface area contributed by atoms with Crippen LogP contribution in [-0.2, 0) is 11.3 Å². The number of aliphatic imine (C=N–C) groups is 1. The Hall–Kier alpha value is -1.99. The molecule has 0 bridgehead atoms. The molecule has 0 fully saturated rings. The highest BCUT2D eigenvalue weighted by molar-refractivity contribution is 5.79. The second kappa shape index (κ2) is 10.00. The molecule has 24 heavy (non-hydrogen) atoms. The van der Waals surface area contributed by atoms with Crippen molar-refractivity contribution in [2.24, 2.45) is 4.99 Å². The van der Waals surface area contributed by atoms with Crippen molar-refractivity contribution in [1.82, 2.24) is 15.5 Å². The van der Waals surface area contributed by atoms with Crippen molar-refractivity contribution in [3.05, 3.63) is 23.8 Å². The minimum atomic E-state index is 0.299. The van der Waals surface area contributed by atoms with Gasteiger partial charge in [-0.15, -0.1) is 0 Å². The number of benzene rings is 1. The van der Waals surface area contributed by atoms with Crippen molar-refractivity contribution >= 4 is 5.96 Å². The second-order valence-corrected chi connectivity index (χ2v) is 5.69. The molecule has 7 nitrogen and oxygen atoms in total. The van der Waals surface area contributed by atoms with E-state index in [-0.39, 0.29) is 0 Å². The Bertz CT molecular complexity index is 537. The summed E-state index contributed by atoms with van der Waals surface area (Å²) in [6.07, 6.45) is 1.05. The molecule has 0 saturated carbocycles. The third kappa shape index (κ3) is 5.90. The van der Waals surface area contributed by atoms with Crippen LogP contribution in [0.2, 0.25) is 0 Å². The maximum absolute atomic E-state index is 5.39. The fourth-order valence-corrected chi connectivity index (χ4v) is 2.41. The van der Waals surface area contributed by atoms with E-state index >= 15 is 0 Å². The first-order chi connectivity index (χ1) is 11.7. The van der Waals surface area contributed by atoms with Crippen LogP contribution in [0, 0.1) is 0 Å². The normalized spacial score (nSPS) is 13.4. The summed E-state index contributed by atoms with van der Waals surface area (Å²) in [6.45, 7) is 4.60. The summed E-state index contributed by atoms with van der Waals surface area (Å²) < 4.78 is 15.8. The Balaban J connectivity index is 1.67. The van der Waals surface area contributed by atoms with Crippen molar-refractivity contribution < 1.29 is 14.2 Å². The molecule has 0 atom stereocenters. The van der Waals surface area contributed by atoms with Crippen molar-refractivity contribution in [3.8, 4) is 11.5 Å². The van der Waals surface area contributed by atoms with Gasteiger partial charge in [-0.1, -0.05) is 6.07 Å². The number of likely N-dealkylation sites (N-methyl/N-ethyl adjacent to an activating group) is 1. The van der Waals surface area contributed by atoms with E-state index in [1.165, 1.54) is 0 Å². The average Bonchev–Trinajstić information content (AvgIpc) is 3.06. The zero-order valence-electron chi connectivity index (χ0n) is 14.8. The van der Waals surface area contributed by atoms with Crippen LogP contribution in [0.1, 0.15) is 12.0 Å². The average molecular weight is 336 g/mol. The lowest BCUT2D eigenvalue weighted by molar-refractivity contribution is 0.174. The van der Waals surface area contributed by atoms with Gasteiger partial charge in [0.1, 0.15) is 0 Å². The van der Waals surface area contributed by atoms with Crippen LogP contribution in [0.4, 0.5) is 0 Å². The van der Waals surface area contributed by atoms with Gasteiger partial charge in [-0.05, 0) is 31.2 Å². The molecule has 1 aliphatic rings. The molecule has 0 aliphatic carbocycles. The lowest BCUT2D eigenvalue weighted by Crippen LogP contribution is -2.40. The summed E-state index contributed by atoms with van der Waals surface area (Å²) in [5.74, 6) is 2.39. The van der Waals surface area contributed by atoms with E-state index in [1.54, 1.807) is 14.2 Å². The predicted octanol–water partition coefficient (Wildman–Crippen LogP) is 1.05. The highest BCUT2D eigenvalue weighted by atomic mass is 16.7. The maximum Gasteiger partial charge on any atom is 0.231 e. The standard InChI is InChI=1S/C17H28N4O3/c1-18-17(19-7-9-21(2)8-4-10-22-3)20-12-14-5-6-15-16(11-14)24-13-23-15/h5-6,11H,4,7-10,12-13H2,1-3H3,(H2,18,19,20). The Morgan fingerprint density at radius 1 is 1.25 bits per heavy atom. The van der Waals surface area contributed by atoms with Crippen LogP contribution in [0.5, 0.6) is 11.5 Å². The van der Waals surface area contributed by atoms with E-state index in [0.717, 1.165) is 55.7 Å². The van der Waals surface area contributed by atoms with Crippen LogP contribution in [0.25, 0.3) is 0 Å². The molecule has 0 unspecified atom stereocenters. The van der Waals surface area contributed by atoms with Gasteiger partial charge in [0.2, 0.25) is 6.79 Å². The molecule has 0 radical (unpaired) electrons. The third-order valence-electron chi connectivity index (χ3n) is 3.79. The zero-order chi connectivity index (χ0) is 17.2. The first-order valence-corrected chi connectivity index (χ1v) is 8.23. The van der Waals surface area contributed by atoms with Gasteiger partial charge in [0.15, 0.2) is 17.5 Å². The molecule has 0 saturated heterocycles. The Morgan fingerprint density at radius 3 is 2.88 bits per heavy atom. The van der Waals surface area contributed by atoms with Crippen LogP contribution < -0.4 is 20.1 Å². The molecule has 7 heteroatoms. The van der Waals surface area contributed by atoms with E-state index in [0.29, 0.717) is 13.3 Å². The third-order valence-corrected chi connectivity index (χ3v) is 3.79. The van der Waals surface area contributed by atoms with E-state index < -0.39 is 0 Å². The van der Waals surface area contributed by atoms with E-state index in [4.69, 9.17) is 14.2 Å². The number of ether oxygens (including phenoxy) is 3. The number of nitrogens with zero attached hydrogens (tertiary/aromatic N) is 2. The van der Waals surface area contributed by atoms with Crippen molar-refractivity contribution in [2.45, 2.75) is 13.0 Å². The van der Waals surface area contributed by atoms with Crippen molar-refractivity contribution in [2.75, 3.05) is 54.2 Å². The number of guanidine groups is 1. The van der Waals surface area contributed by atoms with E-state index in [1.807, 2.05) is 18.2 Å². The molecular formula is C17H28N4O3. The second-order valence-electron chi connectivity index (χ2n) is 5.69. The lowest BCUT2D eigenvalue weighted by atomic mass is 10.2. The van der Waals surface area contributed by atoms with Gasteiger partial charge in [-0.3, -0.25) is 4.99 Å². The number of hydrogen-bond acceptors (Lipinski definition) is 5. The van der Waals surface area contributed by atoms with Gasteiger partial charge in [0.05, 0.1) is 0 Å². The van der Waals surface area contributed by atoms with E-state index in [2.05, 4.69) is 27.6 Å². The Labute approximate surface area is 144 Å². The summed E-state index contributed by atoms with van der Waals surface area (Å²) in [5, 5.41) is 6.63. The molecule has 2 rings (SSSR count). The Morgan fingerprint density at radius 2 is 2.08 bits per heavy atom. The number of methoxy groups -OCH3 is 1. The number of hydrogen-bond donors (Lipinski definition) is 2. The maximum atomic E-state index is 5.39. The molecule has 0 amide bonds. The molecule has 2 N–H and O–H groups in total. The van der Waals surface area contributed by atoms with Gasteiger partial charge in [0, 0.05) is 46.9 Å². The first kappa shape index (κ1) is 18.4. The molecule has 1 heterocycles. The van der Waals surface area contributed by atoms with Gasteiger partial charge < -0.3 is 29.7 Å². The zero-order valence-corrected chi connectivity index (χ0v) is 14.8. The Kier molecular flexibility index (Phi) is 7.64. The minimum absolute atomic E-state index is 0.299. The number of rotatable bonds is 9. The first-order valence-electron chi connectivity index (χ1n) is 8.23. The summed E-state index contributed by atoms with van der Waals surface area (Å²) in [4.78, 5) is 6.52. The molecule has 134 valence electrons. The van der Waals surface area contributed by atoms with Crippen LogP contribution in [0.3, 0.4) is 0 Å². The molecule has 0 aromatic heterocycles. The van der Waals surface area contributed by atoms with Crippen LogP contribution in [-0.4, -0.2) is 65.1 Å². The largest absolute Gasteiger partial charge is 0.454 e. The molecule has 1 aromatic rings. The van der Waals surface area contributed by atoms with Gasteiger partial charge in [0.25, 0.3) is 0 Å². The fraction of sp³-hybridized carbons (Fsp3) is 0.588. The molecule has 1 aliphatic heterocycles. The van der Waals surface area contributed by atoms with Gasteiger partial charge >= 0.3 is 0 Å². The van der Waals surface area contributed by atoms with Crippen LogP contribution in [0.15, 0.2) is 23.2 Å².